The Kier molecular flexibility index (Phi) is 4.89. The predicted molar refractivity (Wildman–Crippen MR) is 70.6 cm³/mol. The summed E-state index contributed by atoms with van der Waals surface area (Å²) in [7, 11) is -3.73. The van der Waals surface area contributed by atoms with Gasteiger partial charge in [-0.1, -0.05) is 13.8 Å². The molecule has 7 heteroatoms. The van der Waals surface area contributed by atoms with Crippen molar-refractivity contribution in [2.45, 2.75) is 38.1 Å². The maximum atomic E-state index is 12.4. The molecule has 0 aliphatic heterocycles. The second kappa shape index (κ2) is 5.81. The summed E-state index contributed by atoms with van der Waals surface area (Å²) in [6.45, 7) is 5.78. The zero-order valence-electron chi connectivity index (χ0n) is 10.6. The Hall–Kier alpha value is -0.920. The van der Waals surface area contributed by atoms with Gasteiger partial charge in [0.25, 0.3) is 0 Å². The van der Waals surface area contributed by atoms with E-state index in [1.807, 2.05) is 13.8 Å². The highest BCUT2D eigenvalue weighted by molar-refractivity contribution is 7.89. The van der Waals surface area contributed by atoms with Gasteiger partial charge >= 0.3 is 5.97 Å². The molecule has 0 amide bonds. The lowest BCUT2D eigenvalue weighted by molar-refractivity contribution is 0.0698. The van der Waals surface area contributed by atoms with Crippen molar-refractivity contribution in [1.82, 2.24) is 4.31 Å². The number of hydrogen-bond donors (Lipinski definition) is 1. The van der Waals surface area contributed by atoms with Crippen LogP contribution in [0.25, 0.3) is 0 Å². The van der Waals surface area contributed by atoms with E-state index in [0.29, 0.717) is 13.0 Å². The zero-order chi connectivity index (χ0) is 13.9. The Balaban J connectivity index is 3.28. The predicted octanol–water partition coefficient (Wildman–Crippen LogP) is 2.26. The van der Waals surface area contributed by atoms with E-state index in [0.717, 1.165) is 11.3 Å². The van der Waals surface area contributed by atoms with Crippen molar-refractivity contribution in [3.8, 4) is 0 Å². The first-order valence-electron chi connectivity index (χ1n) is 5.68. The van der Waals surface area contributed by atoms with Crippen molar-refractivity contribution in [2.75, 3.05) is 6.54 Å². The molecule has 1 unspecified atom stereocenters. The van der Waals surface area contributed by atoms with Crippen LogP contribution in [0.15, 0.2) is 16.3 Å². The van der Waals surface area contributed by atoms with Crippen LogP contribution < -0.4 is 0 Å². The van der Waals surface area contributed by atoms with Crippen LogP contribution in [0.2, 0.25) is 0 Å². The molecule has 5 nitrogen and oxygen atoms in total. The average molecular weight is 291 g/mol. The summed E-state index contributed by atoms with van der Waals surface area (Å²) in [4.78, 5) is 10.8. The summed E-state index contributed by atoms with van der Waals surface area (Å²) in [5, 5.41) is 10.5. The summed E-state index contributed by atoms with van der Waals surface area (Å²) in [5.41, 5.74) is 0. The highest BCUT2D eigenvalue weighted by atomic mass is 32.2. The maximum Gasteiger partial charge on any atom is 0.347 e. The molecule has 0 fully saturated rings. The number of carbonyl (C=O) groups is 1. The van der Waals surface area contributed by atoms with Gasteiger partial charge in [-0.2, -0.15) is 4.31 Å². The largest absolute Gasteiger partial charge is 0.477 e. The number of rotatable bonds is 6. The van der Waals surface area contributed by atoms with Gasteiger partial charge < -0.3 is 5.11 Å². The minimum absolute atomic E-state index is 0.109. The molecule has 0 saturated carbocycles. The Labute approximate surface area is 111 Å². The van der Waals surface area contributed by atoms with Crippen LogP contribution in [0, 0.1) is 0 Å². The highest BCUT2D eigenvalue weighted by Crippen LogP contribution is 2.26. The van der Waals surface area contributed by atoms with E-state index in [1.54, 1.807) is 6.92 Å². The Morgan fingerprint density at radius 2 is 2.11 bits per heavy atom. The minimum Gasteiger partial charge on any atom is -0.477 e. The molecule has 0 radical (unpaired) electrons. The van der Waals surface area contributed by atoms with E-state index in [2.05, 4.69) is 0 Å². The van der Waals surface area contributed by atoms with Crippen LogP contribution in [0.3, 0.4) is 0 Å². The molecular weight excluding hydrogens is 274 g/mol. The van der Waals surface area contributed by atoms with Gasteiger partial charge in [-0.3, -0.25) is 0 Å². The van der Waals surface area contributed by atoms with Gasteiger partial charge in [-0.05, 0) is 24.8 Å². The quantitative estimate of drug-likeness (QED) is 0.872. The number of aromatic carboxylic acids is 1. The molecule has 1 atom stereocenters. The van der Waals surface area contributed by atoms with Crippen molar-refractivity contribution < 1.29 is 18.3 Å². The lowest BCUT2D eigenvalue weighted by Gasteiger charge is -2.26. The smallest absolute Gasteiger partial charge is 0.347 e. The fourth-order valence-corrected chi connectivity index (χ4v) is 4.65. The number of thiophene rings is 1. The second-order valence-electron chi connectivity index (χ2n) is 3.88. The Morgan fingerprint density at radius 3 is 2.56 bits per heavy atom. The van der Waals surface area contributed by atoms with E-state index in [4.69, 9.17) is 5.11 Å². The molecule has 1 heterocycles. The van der Waals surface area contributed by atoms with E-state index < -0.39 is 16.0 Å². The van der Waals surface area contributed by atoms with Gasteiger partial charge in [-0.15, -0.1) is 11.3 Å². The first kappa shape index (κ1) is 15.1. The molecule has 1 aromatic heterocycles. The molecule has 0 aliphatic rings. The van der Waals surface area contributed by atoms with Gasteiger partial charge in [0.15, 0.2) is 0 Å². The number of hydrogen-bond acceptors (Lipinski definition) is 4. The molecule has 0 aromatic carbocycles. The number of sulfonamides is 1. The fourth-order valence-electron chi connectivity index (χ4n) is 1.71. The normalized spacial score (nSPS) is 13.8. The van der Waals surface area contributed by atoms with Crippen LogP contribution in [0.1, 0.15) is 36.9 Å². The third-order valence-electron chi connectivity index (χ3n) is 2.80. The zero-order valence-corrected chi connectivity index (χ0v) is 12.2. The van der Waals surface area contributed by atoms with Crippen molar-refractivity contribution in [3.63, 3.8) is 0 Å². The summed E-state index contributed by atoms with van der Waals surface area (Å²) in [5.74, 6) is -1.20. The fraction of sp³-hybridized carbons (Fsp3) is 0.545. The van der Waals surface area contributed by atoms with E-state index >= 15 is 0 Å². The Bertz CT molecular complexity index is 521. The molecule has 0 bridgehead atoms. The van der Waals surface area contributed by atoms with E-state index in [1.165, 1.54) is 15.8 Å². The average Bonchev–Trinajstić information content (AvgIpc) is 2.78. The van der Waals surface area contributed by atoms with Crippen LogP contribution >= 0.6 is 11.3 Å². The third kappa shape index (κ3) is 2.73. The lowest BCUT2D eigenvalue weighted by Crippen LogP contribution is -2.38. The summed E-state index contributed by atoms with van der Waals surface area (Å²) >= 11 is 0.926. The van der Waals surface area contributed by atoms with Crippen LogP contribution in [-0.2, 0) is 10.0 Å². The summed E-state index contributed by atoms with van der Waals surface area (Å²) in [6.07, 6.45) is 0.680. The van der Waals surface area contributed by atoms with E-state index in [-0.39, 0.29) is 15.8 Å². The van der Waals surface area contributed by atoms with Crippen LogP contribution in [0.4, 0.5) is 0 Å². The molecular formula is C11H17NO4S2. The van der Waals surface area contributed by atoms with Gasteiger partial charge in [0.1, 0.15) is 9.77 Å². The number of carboxylic acids is 1. The third-order valence-corrected chi connectivity index (χ3v) is 5.97. The molecule has 102 valence electrons. The monoisotopic (exact) mass is 291 g/mol. The van der Waals surface area contributed by atoms with E-state index in [9.17, 15) is 13.2 Å². The van der Waals surface area contributed by atoms with Gasteiger partial charge in [0.05, 0.1) is 0 Å². The molecule has 1 aromatic rings. The molecule has 18 heavy (non-hydrogen) atoms. The molecule has 1 N–H and O–H groups in total. The summed E-state index contributed by atoms with van der Waals surface area (Å²) in [6, 6.07) is 1.20. The summed E-state index contributed by atoms with van der Waals surface area (Å²) < 4.78 is 26.2. The SMILES string of the molecule is CCC(C)N(CC)S(=O)(=O)c1ccsc1C(=O)O. The first-order chi connectivity index (χ1) is 8.36. The molecule has 0 aliphatic carbocycles. The molecule has 1 rings (SSSR count). The van der Waals surface area contributed by atoms with Crippen LogP contribution in [-0.4, -0.2) is 36.4 Å². The highest BCUT2D eigenvalue weighted by Gasteiger charge is 2.31. The number of nitrogens with zero attached hydrogens (tertiary/aromatic N) is 1. The van der Waals surface area contributed by atoms with Crippen molar-refractivity contribution >= 4 is 27.3 Å². The van der Waals surface area contributed by atoms with Gasteiger partial charge in [0.2, 0.25) is 10.0 Å². The van der Waals surface area contributed by atoms with Gasteiger partial charge in [-0.25, -0.2) is 13.2 Å². The Morgan fingerprint density at radius 1 is 1.50 bits per heavy atom. The van der Waals surface area contributed by atoms with Crippen molar-refractivity contribution in [3.05, 3.63) is 16.3 Å². The topological polar surface area (TPSA) is 74.7 Å². The maximum absolute atomic E-state index is 12.4. The molecule has 0 spiro atoms. The van der Waals surface area contributed by atoms with Gasteiger partial charge in [0, 0.05) is 12.6 Å². The number of carboxylic acid groups (broad SMARTS) is 1. The molecule has 0 saturated heterocycles. The first-order valence-corrected chi connectivity index (χ1v) is 8.00. The standard InChI is InChI=1S/C11H17NO4S2/c1-4-8(3)12(5-2)18(15,16)9-6-7-17-10(9)11(13)14/h6-8H,4-5H2,1-3H3,(H,13,14). The minimum atomic E-state index is -3.73. The van der Waals surface area contributed by atoms with Crippen molar-refractivity contribution in [1.29, 1.82) is 0 Å². The van der Waals surface area contributed by atoms with Crippen molar-refractivity contribution in [2.24, 2.45) is 0 Å². The second-order valence-corrected chi connectivity index (χ2v) is 6.66. The van der Waals surface area contributed by atoms with Crippen LogP contribution in [0.5, 0.6) is 0 Å². The lowest BCUT2D eigenvalue weighted by atomic mass is 10.3.